The summed E-state index contributed by atoms with van der Waals surface area (Å²) in [5.74, 6) is -0.162. The third-order valence-electron chi connectivity index (χ3n) is 5.74. The molecule has 2 aliphatic heterocycles. The fourth-order valence-corrected chi connectivity index (χ4v) is 4.22. The topological polar surface area (TPSA) is 26.8 Å². The number of halogens is 1. The zero-order chi connectivity index (χ0) is 18.8. The van der Waals surface area contributed by atoms with Crippen LogP contribution in [0.5, 0.6) is 0 Å². The van der Waals surface area contributed by atoms with Crippen LogP contribution in [0, 0.1) is 5.82 Å². The van der Waals surface area contributed by atoms with Crippen LogP contribution in [0.25, 0.3) is 0 Å². The van der Waals surface area contributed by atoms with E-state index in [2.05, 4.69) is 16.7 Å². The fourth-order valence-electron chi connectivity index (χ4n) is 4.22. The van der Waals surface area contributed by atoms with Crippen LogP contribution in [0.3, 0.4) is 0 Å². The minimum Gasteiger partial charge on any atom is -0.338 e. The molecule has 2 heterocycles. The molecule has 142 valence electrons. The van der Waals surface area contributed by atoms with Gasteiger partial charge in [0.05, 0.1) is 11.4 Å². The standard InChI is InChI=1S/C22H26FN3O/c1-17-6-5-12-24(17)13-11-22(27)26-15-14-25(19-7-3-2-4-8-19)21-16-18(23)9-10-20(21)26/h2-4,7-10,16-17H,5-6,11-15H2,1H3/t17-/m1/s1. The summed E-state index contributed by atoms with van der Waals surface area (Å²) in [6, 6.07) is 15.2. The molecule has 1 amide bonds. The summed E-state index contributed by atoms with van der Waals surface area (Å²) in [4.78, 5) is 19.2. The van der Waals surface area contributed by atoms with Crippen LogP contribution >= 0.6 is 0 Å². The molecule has 0 aliphatic carbocycles. The molecule has 0 saturated carbocycles. The molecule has 0 radical (unpaired) electrons. The maximum atomic E-state index is 14.0. The molecule has 0 bridgehead atoms. The van der Waals surface area contributed by atoms with Crippen LogP contribution in [-0.2, 0) is 4.79 Å². The SMILES string of the molecule is C[C@@H]1CCCN1CCC(=O)N1CCN(c2ccccc2)c2cc(F)ccc21. The van der Waals surface area contributed by atoms with Gasteiger partial charge in [-0.25, -0.2) is 4.39 Å². The van der Waals surface area contributed by atoms with Gasteiger partial charge in [0.1, 0.15) is 5.82 Å². The summed E-state index contributed by atoms with van der Waals surface area (Å²) in [5.41, 5.74) is 2.57. The van der Waals surface area contributed by atoms with E-state index in [1.807, 2.05) is 35.2 Å². The Morgan fingerprint density at radius 3 is 2.63 bits per heavy atom. The first-order chi connectivity index (χ1) is 13.1. The van der Waals surface area contributed by atoms with Gasteiger partial charge in [0.25, 0.3) is 0 Å². The normalized spacial score (nSPS) is 20.0. The first-order valence-corrected chi connectivity index (χ1v) is 9.80. The molecule has 27 heavy (non-hydrogen) atoms. The third kappa shape index (κ3) is 3.69. The van der Waals surface area contributed by atoms with Crippen LogP contribution in [-0.4, -0.2) is 43.0 Å². The van der Waals surface area contributed by atoms with Gasteiger partial charge in [0, 0.05) is 37.8 Å². The van der Waals surface area contributed by atoms with Crippen molar-refractivity contribution in [1.29, 1.82) is 0 Å². The van der Waals surface area contributed by atoms with Gasteiger partial charge in [-0.1, -0.05) is 18.2 Å². The zero-order valence-corrected chi connectivity index (χ0v) is 15.8. The number of carbonyl (C=O) groups excluding carboxylic acids is 1. The van der Waals surface area contributed by atoms with Crippen LogP contribution in [0.1, 0.15) is 26.2 Å². The lowest BCUT2D eigenvalue weighted by Gasteiger charge is -2.38. The summed E-state index contributed by atoms with van der Waals surface area (Å²) < 4.78 is 14.0. The molecule has 2 aliphatic rings. The maximum absolute atomic E-state index is 14.0. The Bertz CT molecular complexity index is 810. The molecule has 4 nitrogen and oxygen atoms in total. The van der Waals surface area contributed by atoms with E-state index in [4.69, 9.17) is 0 Å². The molecule has 1 fully saturated rings. The van der Waals surface area contributed by atoms with E-state index in [1.165, 1.54) is 25.0 Å². The molecule has 2 aromatic rings. The van der Waals surface area contributed by atoms with Gasteiger partial charge in [-0.3, -0.25) is 4.79 Å². The highest BCUT2D eigenvalue weighted by Gasteiger charge is 2.29. The maximum Gasteiger partial charge on any atom is 0.228 e. The minimum absolute atomic E-state index is 0.120. The quantitative estimate of drug-likeness (QED) is 0.811. The largest absolute Gasteiger partial charge is 0.338 e. The number of carbonyl (C=O) groups is 1. The van der Waals surface area contributed by atoms with Crippen LogP contribution < -0.4 is 9.80 Å². The summed E-state index contributed by atoms with van der Waals surface area (Å²) in [6.07, 6.45) is 2.94. The van der Waals surface area contributed by atoms with Gasteiger partial charge in [-0.05, 0) is 56.6 Å². The predicted molar refractivity (Wildman–Crippen MR) is 107 cm³/mol. The molecule has 2 aromatic carbocycles. The molecule has 1 atom stereocenters. The van der Waals surface area contributed by atoms with Crippen LogP contribution in [0.2, 0.25) is 0 Å². The summed E-state index contributed by atoms with van der Waals surface area (Å²) in [7, 11) is 0. The smallest absolute Gasteiger partial charge is 0.228 e. The van der Waals surface area contributed by atoms with Crippen molar-refractivity contribution >= 4 is 23.0 Å². The molecular formula is C22H26FN3O. The van der Waals surface area contributed by atoms with Crippen LogP contribution in [0.4, 0.5) is 21.5 Å². The Kier molecular flexibility index (Phi) is 5.12. The van der Waals surface area contributed by atoms with Crippen molar-refractivity contribution in [3.05, 3.63) is 54.3 Å². The number of amides is 1. The van der Waals surface area contributed by atoms with Crippen molar-refractivity contribution < 1.29 is 9.18 Å². The van der Waals surface area contributed by atoms with Gasteiger partial charge < -0.3 is 14.7 Å². The van der Waals surface area contributed by atoms with E-state index in [0.717, 1.165) is 30.2 Å². The lowest BCUT2D eigenvalue weighted by molar-refractivity contribution is -0.119. The monoisotopic (exact) mass is 367 g/mol. The van der Waals surface area contributed by atoms with Gasteiger partial charge in [0.15, 0.2) is 0 Å². The molecule has 0 N–H and O–H groups in total. The van der Waals surface area contributed by atoms with Gasteiger partial charge in [-0.2, -0.15) is 0 Å². The number of anilines is 3. The molecule has 0 aromatic heterocycles. The van der Waals surface area contributed by atoms with Crippen molar-refractivity contribution in [2.24, 2.45) is 0 Å². The minimum atomic E-state index is -0.283. The average Bonchev–Trinajstić information content (AvgIpc) is 3.10. The van der Waals surface area contributed by atoms with Crippen molar-refractivity contribution in [3.8, 4) is 0 Å². The number of hydrogen-bond donors (Lipinski definition) is 0. The van der Waals surface area contributed by atoms with Crippen molar-refractivity contribution in [3.63, 3.8) is 0 Å². The first kappa shape index (κ1) is 18.0. The molecule has 4 rings (SSSR count). The highest BCUT2D eigenvalue weighted by atomic mass is 19.1. The second kappa shape index (κ2) is 7.69. The number of rotatable bonds is 4. The lowest BCUT2D eigenvalue weighted by Crippen LogP contribution is -2.43. The number of para-hydroxylation sites is 1. The third-order valence-corrected chi connectivity index (χ3v) is 5.74. The van der Waals surface area contributed by atoms with Crippen molar-refractivity contribution in [2.75, 3.05) is 36.0 Å². The van der Waals surface area contributed by atoms with E-state index in [1.54, 1.807) is 6.07 Å². The number of hydrogen-bond acceptors (Lipinski definition) is 3. The second-order valence-corrected chi connectivity index (χ2v) is 7.44. The summed E-state index contributed by atoms with van der Waals surface area (Å²) in [5, 5.41) is 0. The first-order valence-electron chi connectivity index (χ1n) is 9.80. The molecule has 0 unspecified atom stereocenters. The predicted octanol–water partition coefficient (Wildman–Crippen LogP) is 4.18. The van der Waals surface area contributed by atoms with Crippen LogP contribution in [0.15, 0.2) is 48.5 Å². The highest BCUT2D eigenvalue weighted by Crippen LogP contribution is 2.38. The summed E-state index contributed by atoms with van der Waals surface area (Å²) in [6.45, 7) is 5.38. The van der Waals surface area contributed by atoms with Crippen molar-refractivity contribution in [1.82, 2.24) is 4.90 Å². The average molecular weight is 367 g/mol. The Balaban J connectivity index is 1.55. The molecule has 5 heteroatoms. The van der Waals surface area contributed by atoms with E-state index >= 15 is 0 Å². The fraction of sp³-hybridized carbons (Fsp3) is 0.409. The van der Waals surface area contributed by atoms with Crippen molar-refractivity contribution in [2.45, 2.75) is 32.2 Å². The van der Waals surface area contributed by atoms with E-state index in [9.17, 15) is 9.18 Å². The molecule has 1 saturated heterocycles. The van der Waals surface area contributed by atoms with E-state index < -0.39 is 0 Å². The van der Waals surface area contributed by atoms with Gasteiger partial charge in [-0.15, -0.1) is 0 Å². The Hall–Kier alpha value is -2.40. The number of benzene rings is 2. The summed E-state index contributed by atoms with van der Waals surface area (Å²) >= 11 is 0. The Morgan fingerprint density at radius 1 is 1.07 bits per heavy atom. The van der Waals surface area contributed by atoms with Gasteiger partial charge in [0.2, 0.25) is 5.91 Å². The lowest BCUT2D eigenvalue weighted by atomic mass is 10.1. The highest BCUT2D eigenvalue weighted by molar-refractivity contribution is 5.99. The second-order valence-electron chi connectivity index (χ2n) is 7.44. The van der Waals surface area contributed by atoms with E-state index in [-0.39, 0.29) is 11.7 Å². The Labute approximate surface area is 160 Å². The van der Waals surface area contributed by atoms with Gasteiger partial charge >= 0.3 is 0 Å². The van der Waals surface area contributed by atoms with E-state index in [0.29, 0.717) is 25.6 Å². The molecular weight excluding hydrogens is 341 g/mol. The Morgan fingerprint density at radius 2 is 1.89 bits per heavy atom. The zero-order valence-electron chi connectivity index (χ0n) is 15.8. The molecule has 0 spiro atoms. The number of nitrogens with zero attached hydrogens (tertiary/aromatic N) is 3. The number of fused-ring (bicyclic) bond motifs is 1. The number of likely N-dealkylation sites (tertiary alicyclic amines) is 1.